The predicted molar refractivity (Wildman–Crippen MR) is 78.4 cm³/mol. The Labute approximate surface area is 127 Å². The minimum absolute atomic E-state index is 0.114. The van der Waals surface area contributed by atoms with Gasteiger partial charge in [-0.2, -0.15) is 5.26 Å². The summed E-state index contributed by atoms with van der Waals surface area (Å²) in [4.78, 5) is 24.7. The first-order valence-corrected chi connectivity index (χ1v) is 6.96. The molecule has 0 bridgehead atoms. The van der Waals surface area contributed by atoms with Crippen LogP contribution in [0.2, 0.25) is 0 Å². The first-order chi connectivity index (χ1) is 10.4. The van der Waals surface area contributed by atoms with E-state index >= 15 is 0 Å². The summed E-state index contributed by atoms with van der Waals surface area (Å²) in [7, 11) is 0. The molecule has 7 nitrogen and oxygen atoms in total. The number of amides is 2. The molecule has 1 saturated heterocycles. The summed E-state index contributed by atoms with van der Waals surface area (Å²) in [6.07, 6.45) is 0.142. The van der Waals surface area contributed by atoms with E-state index in [4.69, 9.17) is 10.4 Å². The highest BCUT2D eigenvalue weighted by atomic mass is 16.4. The highest BCUT2D eigenvalue weighted by molar-refractivity contribution is 5.94. The molecule has 0 aromatic heterocycles. The third kappa shape index (κ3) is 3.28. The van der Waals surface area contributed by atoms with Gasteiger partial charge in [0.1, 0.15) is 5.75 Å². The smallest absolute Gasteiger partial charge is 0.407 e. The molecule has 1 aliphatic heterocycles. The average Bonchev–Trinajstić information content (AvgIpc) is 2.49. The number of phenolic OH excluding ortho intramolecular Hbond substituents is 1. The van der Waals surface area contributed by atoms with Crippen molar-refractivity contribution in [2.24, 2.45) is 5.92 Å². The Morgan fingerprint density at radius 3 is 2.77 bits per heavy atom. The molecule has 7 heteroatoms. The number of carboxylic acid groups (broad SMARTS) is 1. The van der Waals surface area contributed by atoms with E-state index in [1.165, 1.54) is 23.1 Å². The second kappa shape index (κ2) is 6.35. The Balaban J connectivity index is 2.10. The monoisotopic (exact) mass is 303 g/mol. The predicted octanol–water partition coefficient (Wildman–Crippen LogP) is 1.98. The Morgan fingerprint density at radius 2 is 2.14 bits per heavy atom. The van der Waals surface area contributed by atoms with Gasteiger partial charge < -0.3 is 20.4 Å². The number of piperidine rings is 1. The van der Waals surface area contributed by atoms with Crippen LogP contribution in [-0.4, -0.2) is 39.7 Å². The number of hydrogen-bond donors (Lipinski definition) is 3. The molecule has 0 spiro atoms. The summed E-state index contributed by atoms with van der Waals surface area (Å²) in [5, 5.41) is 30.3. The first kappa shape index (κ1) is 15.6. The molecular formula is C15H17N3O4. The molecule has 3 N–H and O–H groups in total. The molecule has 0 radical (unpaired) electrons. The van der Waals surface area contributed by atoms with Crippen molar-refractivity contribution < 1.29 is 19.8 Å². The van der Waals surface area contributed by atoms with E-state index in [0.29, 0.717) is 18.4 Å². The molecular weight excluding hydrogens is 286 g/mol. The van der Waals surface area contributed by atoms with Crippen LogP contribution in [0, 0.1) is 17.2 Å². The van der Waals surface area contributed by atoms with Crippen LogP contribution < -0.4 is 5.32 Å². The van der Waals surface area contributed by atoms with Gasteiger partial charge in [-0.3, -0.25) is 4.79 Å². The van der Waals surface area contributed by atoms with Gasteiger partial charge in [0.2, 0.25) is 5.91 Å². The topological polar surface area (TPSA) is 114 Å². The second-order valence-corrected chi connectivity index (χ2v) is 5.39. The maximum Gasteiger partial charge on any atom is 0.407 e. The van der Waals surface area contributed by atoms with Crippen LogP contribution in [0.4, 0.5) is 10.5 Å². The van der Waals surface area contributed by atoms with Crippen LogP contribution in [0.25, 0.3) is 0 Å². The van der Waals surface area contributed by atoms with Gasteiger partial charge >= 0.3 is 6.09 Å². The number of carbonyl (C=O) groups is 2. The molecule has 0 saturated carbocycles. The van der Waals surface area contributed by atoms with Gasteiger partial charge in [-0.25, -0.2) is 4.79 Å². The lowest BCUT2D eigenvalue weighted by molar-refractivity contribution is -0.121. The Kier molecular flexibility index (Phi) is 4.51. The molecule has 0 unspecified atom stereocenters. The molecule has 22 heavy (non-hydrogen) atoms. The quantitative estimate of drug-likeness (QED) is 0.723. The molecule has 2 amide bonds. The molecule has 1 heterocycles. The highest BCUT2D eigenvalue weighted by Crippen LogP contribution is 2.27. The lowest BCUT2D eigenvalue weighted by Gasteiger charge is -2.35. The second-order valence-electron chi connectivity index (χ2n) is 5.39. The van der Waals surface area contributed by atoms with Gasteiger partial charge in [-0.15, -0.1) is 0 Å². The van der Waals surface area contributed by atoms with Gasteiger partial charge in [0.15, 0.2) is 0 Å². The molecule has 2 rings (SSSR count). The van der Waals surface area contributed by atoms with Gasteiger partial charge in [-0.05, 0) is 38.0 Å². The Morgan fingerprint density at radius 1 is 1.41 bits per heavy atom. The summed E-state index contributed by atoms with van der Waals surface area (Å²) in [6, 6.07) is 5.97. The molecule has 1 aliphatic rings. The third-order valence-corrected chi connectivity index (χ3v) is 3.88. The van der Waals surface area contributed by atoms with E-state index in [-0.39, 0.29) is 29.9 Å². The van der Waals surface area contributed by atoms with Crippen molar-refractivity contribution in [3.05, 3.63) is 23.8 Å². The van der Waals surface area contributed by atoms with Gasteiger partial charge in [0.05, 0.1) is 23.2 Å². The lowest BCUT2D eigenvalue weighted by atomic mass is 9.93. The molecule has 1 fully saturated rings. The molecule has 2 atom stereocenters. The largest absolute Gasteiger partial charge is 0.506 e. The van der Waals surface area contributed by atoms with E-state index < -0.39 is 12.0 Å². The van der Waals surface area contributed by atoms with E-state index in [0.717, 1.165) is 0 Å². The van der Waals surface area contributed by atoms with Gasteiger partial charge in [0.25, 0.3) is 0 Å². The highest BCUT2D eigenvalue weighted by Gasteiger charge is 2.32. The first-order valence-electron chi connectivity index (χ1n) is 6.96. The van der Waals surface area contributed by atoms with Crippen LogP contribution in [0.3, 0.4) is 0 Å². The number of aromatic hydroxyl groups is 1. The molecule has 0 aliphatic carbocycles. The number of phenols is 1. The van der Waals surface area contributed by atoms with E-state index in [1.54, 1.807) is 0 Å². The molecule has 1 aromatic rings. The number of benzene rings is 1. The fourth-order valence-electron chi connectivity index (χ4n) is 2.53. The number of nitriles is 1. The minimum Gasteiger partial charge on any atom is -0.506 e. The van der Waals surface area contributed by atoms with E-state index in [9.17, 15) is 14.7 Å². The van der Waals surface area contributed by atoms with E-state index in [1.807, 2.05) is 13.0 Å². The van der Waals surface area contributed by atoms with Crippen molar-refractivity contribution in [1.82, 2.24) is 4.90 Å². The molecule has 116 valence electrons. The lowest BCUT2D eigenvalue weighted by Crippen LogP contribution is -2.47. The van der Waals surface area contributed by atoms with Crippen molar-refractivity contribution in [2.45, 2.75) is 25.8 Å². The molecule has 1 aromatic carbocycles. The third-order valence-electron chi connectivity index (χ3n) is 3.88. The van der Waals surface area contributed by atoms with Crippen LogP contribution in [0.5, 0.6) is 5.75 Å². The standard InChI is InChI=1S/C15H17N3O4/c1-9-2-4-11(8-18(9)15(21)22)14(20)17-12-6-10(7-16)3-5-13(12)19/h3,5-6,9,11,19H,2,4,8H2,1H3,(H,17,20)(H,21,22)/t9-,11-/m1/s1. The van der Waals surface area contributed by atoms with Gasteiger partial charge in [-0.1, -0.05) is 0 Å². The average molecular weight is 303 g/mol. The minimum atomic E-state index is -1.04. The zero-order valence-corrected chi connectivity index (χ0v) is 12.1. The van der Waals surface area contributed by atoms with Crippen molar-refractivity contribution in [3.8, 4) is 11.8 Å². The van der Waals surface area contributed by atoms with Crippen LogP contribution in [0.15, 0.2) is 18.2 Å². The number of anilines is 1. The van der Waals surface area contributed by atoms with Crippen molar-refractivity contribution >= 4 is 17.7 Å². The zero-order chi connectivity index (χ0) is 16.3. The van der Waals surface area contributed by atoms with Crippen LogP contribution >= 0.6 is 0 Å². The number of likely N-dealkylation sites (tertiary alicyclic amines) is 1. The fraction of sp³-hybridized carbons (Fsp3) is 0.400. The Bertz CT molecular complexity index is 638. The number of carbonyl (C=O) groups excluding carboxylic acids is 1. The van der Waals surface area contributed by atoms with Crippen molar-refractivity contribution in [3.63, 3.8) is 0 Å². The fourth-order valence-corrected chi connectivity index (χ4v) is 2.53. The van der Waals surface area contributed by atoms with Crippen molar-refractivity contribution in [1.29, 1.82) is 5.26 Å². The summed E-state index contributed by atoms with van der Waals surface area (Å²) in [5.41, 5.74) is 0.474. The van der Waals surface area contributed by atoms with Crippen LogP contribution in [-0.2, 0) is 4.79 Å². The van der Waals surface area contributed by atoms with E-state index in [2.05, 4.69) is 5.32 Å². The number of rotatable bonds is 2. The maximum absolute atomic E-state index is 12.3. The summed E-state index contributed by atoms with van der Waals surface area (Å²) < 4.78 is 0. The summed E-state index contributed by atoms with van der Waals surface area (Å²) >= 11 is 0. The Hall–Kier alpha value is -2.75. The number of nitrogens with zero attached hydrogens (tertiary/aromatic N) is 2. The number of hydrogen-bond acceptors (Lipinski definition) is 4. The zero-order valence-electron chi connectivity index (χ0n) is 12.1. The normalized spacial score (nSPS) is 21.0. The van der Waals surface area contributed by atoms with Crippen molar-refractivity contribution in [2.75, 3.05) is 11.9 Å². The van der Waals surface area contributed by atoms with Gasteiger partial charge in [0, 0.05) is 12.6 Å². The summed E-state index contributed by atoms with van der Waals surface area (Å²) in [6.45, 7) is 1.94. The van der Waals surface area contributed by atoms with Crippen LogP contribution in [0.1, 0.15) is 25.3 Å². The number of nitrogens with one attached hydrogen (secondary N) is 1. The maximum atomic E-state index is 12.3. The summed E-state index contributed by atoms with van der Waals surface area (Å²) in [5.74, 6) is -0.965. The SMILES string of the molecule is C[C@@H]1CC[C@@H](C(=O)Nc2cc(C#N)ccc2O)CN1C(=O)O.